The molecule has 1 amide bonds. The Balaban J connectivity index is 1.57. The first-order valence-corrected chi connectivity index (χ1v) is 15.1. The van der Waals surface area contributed by atoms with Gasteiger partial charge in [0.1, 0.15) is 5.82 Å². The van der Waals surface area contributed by atoms with Gasteiger partial charge in [0.25, 0.3) is 0 Å². The van der Waals surface area contributed by atoms with E-state index in [4.69, 9.17) is 9.72 Å². The molecule has 1 fully saturated rings. The van der Waals surface area contributed by atoms with Crippen molar-refractivity contribution in [1.82, 2.24) is 14.5 Å². The van der Waals surface area contributed by atoms with Gasteiger partial charge in [-0.25, -0.2) is 4.98 Å². The second kappa shape index (κ2) is 13.0. The molecule has 1 aliphatic heterocycles. The van der Waals surface area contributed by atoms with Gasteiger partial charge in [-0.05, 0) is 67.7 Å². The van der Waals surface area contributed by atoms with E-state index in [9.17, 15) is 9.59 Å². The van der Waals surface area contributed by atoms with Crippen LogP contribution in [0.2, 0.25) is 0 Å². The molecule has 0 unspecified atom stereocenters. The molecular formula is C31H43N3O3S. The van der Waals surface area contributed by atoms with Gasteiger partial charge in [-0.3, -0.25) is 9.59 Å². The molecule has 0 radical (unpaired) electrons. The Labute approximate surface area is 231 Å². The Morgan fingerprint density at radius 2 is 1.87 bits per heavy atom. The number of thiophene rings is 1. The number of ketones is 1. The van der Waals surface area contributed by atoms with Crippen LogP contribution in [0.4, 0.5) is 0 Å². The highest BCUT2D eigenvalue weighted by Gasteiger charge is 2.30. The fourth-order valence-corrected chi connectivity index (χ4v) is 6.53. The highest BCUT2D eigenvalue weighted by molar-refractivity contribution is 7.09. The molecule has 206 valence electrons. The number of nitrogens with zero attached hydrogens (tertiary/aromatic N) is 3. The maximum Gasteiger partial charge on any atom is 0.226 e. The van der Waals surface area contributed by atoms with E-state index in [0.29, 0.717) is 37.0 Å². The molecule has 0 N–H and O–H groups in total. The minimum Gasteiger partial charge on any atom is -0.381 e. The second-order valence-corrected chi connectivity index (χ2v) is 12.1. The van der Waals surface area contributed by atoms with Crippen LogP contribution >= 0.6 is 11.3 Å². The Kier molecular flexibility index (Phi) is 9.77. The van der Waals surface area contributed by atoms with Crippen molar-refractivity contribution in [2.45, 2.75) is 84.8 Å². The molecule has 7 heteroatoms. The molecule has 38 heavy (non-hydrogen) atoms. The van der Waals surface area contributed by atoms with E-state index in [0.717, 1.165) is 49.0 Å². The third kappa shape index (κ3) is 6.55. The number of Topliss-reactive ketones (excluding diaryl/α,β-unsaturated/α-hetero) is 1. The highest BCUT2D eigenvalue weighted by atomic mass is 32.1. The van der Waals surface area contributed by atoms with Crippen LogP contribution in [0.3, 0.4) is 0 Å². The van der Waals surface area contributed by atoms with Gasteiger partial charge in [-0.15, -0.1) is 11.3 Å². The number of hydrogen-bond donors (Lipinski definition) is 0. The van der Waals surface area contributed by atoms with Crippen LogP contribution in [0.5, 0.6) is 0 Å². The van der Waals surface area contributed by atoms with Crippen molar-refractivity contribution in [2.75, 3.05) is 20.2 Å². The van der Waals surface area contributed by atoms with Gasteiger partial charge < -0.3 is 14.2 Å². The van der Waals surface area contributed by atoms with Gasteiger partial charge in [-0.1, -0.05) is 33.8 Å². The molecule has 2 aromatic heterocycles. The summed E-state index contributed by atoms with van der Waals surface area (Å²) in [7, 11) is 1.73. The molecule has 1 aromatic carbocycles. The SMILES string of the molecule is CCC(CC)n1c(Cc2cccs2)nc2cc(C(=O)C[C@@H](CC(C)C)C(=O)N3CCC(OC)CC3)ccc21. The van der Waals surface area contributed by atoms with Crippen molar-refractivity contribution in [3.05, 3.63) is 52.0 Å². The second-order valence-electron chi connectivity index (χ2n) is 11.0. The van der Waals surface area contributed by atoms with Crippen LogP contribution in [0, 0.1) is 11.8 Å². The number of piperidine rings is 1. The molecule has 3 heterocycles. The molecule has 0 saturated carbocycles. The lowest BCUT2D eigenvalue weighted by molar-refractivity contribution is -0.138. The average Bonchev–Trinajstić information content (AvgIpc) is 3.56. The lowest BCUT2D eigenvalue weighted by Gasteiger charge is -2.34. The summed E-state index contributed by atoms with van der Waals surface area (Å²) in [6.07, 6.45) is 5.73. The number of fused-ring (bicyclic) bond motifs is 1. The third-order valence-corrected chi connectivity index (χ3v) is 8.80. The first-order valence-electron chi connectivity index (χ1n) is 14.2. The van der Waals surface area contributed by atoms with Gasteiger partial charge in [-0.2, -0.15) is 0 Å². The predicted molar refractivity (Wildman–Crippen MR) is 155 cm³/mol. The highest BCUT2D eigenvalue weighted by Crippen LogP contribution is 2.30. The van der Waals surface area contributed by atoms with E-state index in [-0.39, 0.29) is 30.1 Å². The number of methoxy groups -OCH3 is 1. The Hall–Kier alpha value is -2.51. The first-order chi connectivity index (χ1) is 18.3. The minimum atomic E-state index is -0.297. The number of ether oxygens (including phenoxy) is 1. The number of likely N-dealkylation sites (tertiary alicyclic amines) is 1. The van der Waals surface area contributed by atoms with Crippen LogP contribution in [0.25, 0.3) is 11.0 Å². The third-order valence-electron chi connectivity index (χ3n) is 7.93. The maximum absolute atomic E-state index is 13.5. The fourth-order valence-electron chi connectivity index (χ4n) is 5.83. The lowest BCUT2D eigenvalue weighted by Crippen LogP contribution is -2.44. The summed E-state index contributed by atoms with van der Waals surface area (Å²) in [5, 5.41) is 2.10. The van der Waals surface area contributed by atoms with E-state index in [1.165, 1.54) is 4.88 Å². The van der Waals surface area contributed by atoms with Crippen molar-refractivity contribution in [2.24, 2.45) is 11.8 Å². The minimum absolute atomic E-state index is 0.0227. The van der Waals surface area contributed by atoms with Crippen molar-refractivity contribution >= 4 is 34.1 Å². The number of aromatic nitrogens is 2. The van der Waals surface area contributed by atoms with Gasteiger partial charge >= 0.3 is 0 Å². The van der Waals surface area contributed by atoms with E-state index in [2.05, 4.69) is 55.8 Å². The van der Waals surface area contributed by atoms with Crippen LogP contribution in [0.1, 0.15) is 93.3 Å². The van der Waals surface area contributed by atoms with E-state index < -0.39 is 0 Å². The summed E-state index contributed by atoms with van der Waals surface area (Å²) in [5.41, 5.74) is 2.59. The van der Waals surface area contributed by atoms with Crippen LogP contribution in [-0.2, 0) is 16.0 Å². The first kappa shape index (κ1) is 28.5. The van der Waals surface area contributed by atoms with Gasteiger partial charge in [0, 0.05) is 55.4 Å². The summed E-state index contributed by atoms with van der Waals surface area (Å²) in [5.74, 6) is 1.22. The normalized spacial score (nSPS) is 15.6. The summed E-state index contributed by atoms with van der Waals surface area (Å²) >= 11 is 1.75. The number of rotatable bonds is 12. The van der Waals surface area contributed by atoms with Gasteiger partial charge in [0.05, 0.1) is 17.1 Å². The van der Waals surface area contributed by atoms with Gasteiger partial charge in [0.15, 0.2) is 5.78 Å². The smallest absolute Gasteiger partial charge is 0.226 e. The van der Waals surface area contributed by atoms with Crippen LogP contribution in [-0.4, -0.2) is 52.4 Å². The Morgan fingerprint density at radius 3 is 2.47 bits per heavy atom. The molecule has 3 aromatic rings. The molecular weight excluding hydrogens is 494 g/mol. The molecule has 0 bridgehead atoms. The topological polar surface area (TPSA) is 64.4 Å². The number of amides is 1. The number of benzene rings is 1. The zero-order valence-corrected chi connectivity index (χ0v) is 24.4. The Morgan fingerprint density at radius 1 is 1.13 bits per heavy atom. The number of carbonyl (C=O) groups excluding carboxylic acids is 2. The van der Waals surface area contributed by atoms with Crippen molar-refractivity contribution in [3.63, 3.8) is 0 Å². The molecule has 0 aliphatic carbocycles. The predicted octanol–water partition coefficient (Wildman–Crippen LogP) is 6.92. The zero-order valence-electron chi connectivity index (χ0n) is 23.6. The van der Waals surface area contributed by atoms with Crippen molar-refractivity contribution in [1.29, 1.82) is 0 Å². The van der Waals surface area contributed by atoms with E-state index >= 15 is 0 Å². The number of carbonyl (C=O) groups is 2. The summed E-state index contributed by atoms with van der Waals surface area (Å²) in [4.78, 5) is 35.3. The quantitative estimate of drug-likeness (QED) is 0.235. The van der Waals surface area contributed by atoms with Crippen LogP contribution in [0.15, 0.2) is 35.7 Å². The van der Waals surface area contributed by atoms with E-state index in [1.54, 1.807) is 18.4 Å². The number of hydrogen-bond acceptors (Lipinski definition) is 5. The van der Waals surface area contributed by atoms with Gasteiger partial charge in [0.2, 0.25) is 5.91 Å². The summed E-state index contributed by atoms with van der Waals surface area (Å²) in [6.45, 7) is 10.1. The Bertz CT molecular complexity index is 1200. The molecule has 1 saturated heterocycles. The lowest BCUT2D eigenvalue weighted by atomic mass is 9.88. The average molecular weight is 538 g/mol. The standard InChI is InChI=1S/C31H43N3O3S/c1-6-24(7-2)34-28-11-10-22(18-27(28)32-30(34)20-26-9-8-16-38-26)29(35)19-23(17-21(3)4)31(36)33-14-12-25(37-5)13-15-33/h8-11,16,18,21,23-25H,6-7,12-15,17,19-20H2,1-5H3/t23-/m1/s1. The largest absolute Gasteiger partial charge is 0.381 e. The van der Waals surface area contributed by atoms with E-state index in [1.807, 2.05) is 17.0 Å². The van der Waals surface area contributed by atoms with Crippen molar-refractivity contribution < 1.29 is 14.3 Å². The monoisotopic (exact) mass is 537 g/mol. The fraction of sp³-hybridized carbons (Fsp3) is 0.581. The molecule has 4 rings (SSSR count). The summed E-state index contributed by atoms with van der Waals surface area (Å²) in [6, 6.07) is 10.5. The van der Waals surface area contributed by atoms with Crippen molar-refractivity contribution in [3.8, 4) is 0 Å². The molecule has 0 spiro atoms. The maximum atomic E-state index is 13.5. The molecule has 1 atom stereocenters. The summed E-state index contributed by atoms with van der Waals surface area (Å²) < 4.78 is 7.84. The number of imidazole rings is 1. The zero-order chi connectivity index (χ0) is 27.2. The molecule has 1 aliphatic rings. The molecule has 6 nitrogen and oxygen atoms in total. The van der Waals surface area contributed by atoms with Crippen LogP contribution < -0.4 is 0 Å².